The van der Waals surface area contributed by atoms with Crippen LogP contribution in [0.15, 0.2) is 24.3 Å². The van der Waals surface area contributed by atoms with Crippen molar-refractivity contribution in [1.82, 2.24) is 5.32 Å². The standard InChI is InChI=1S/C12H17NO/c1-10-6-7-11(12(14)9-10)5-3-4-8-13-2/h3,5-7,9,13-14H,4,8H2,1-2H3. The average molecular weight is 191 g/mol. The summed E-state index contributed by atoms with van der Waals surface area (Å²) in [7, 11) is 1.93. The summed E-state index contributed by atoms with van der Waals surface area (Å²) in [5.41, 5.74) is 1.96. The van der Waals surface area contributed by atoms with Crippen LogP contribution in [0, 0.1) is 6.92 Å². The molecule has 0 aliphatic carbocycles. The van der Waals surface area contributed by atoms with Gasteiger partial charge in [0.15, 0.2) is 0 Å². The van der Waals surface area contributed by atoms with E-state index in [2.05, 4.69) is 11.4 Å². The van der Waals surface area contributed by atoms with Crippen molar-refractivity contribution < 1.29 is 5.11 Å². The molecule has 0 heterocycles. The van der Waals surface area contributed by atoms with Crippen LogP contribution in [-0.4, -0.2) is 18.7 Å². The number of aryl methyl sites for hydroxylation is 1. The minimum absolute atomic E-state index is 0.353. The second-order valence-electron chi connectivity index (χ2n) is 3.36. The summed E-state index contributed by atoms with van der Waals surface area (Å²) in [5.74, 6) is 0.353. The van der Waals surface area contributed by atoms with Crippen molar-refractivity contribution in [2.24, 2.45) is 0 Å². The summed E-state index contributed by atoms with van der Waals surface area (Å²) in [6, 6.07) is 5.70. The van der Waals surface area contributed by atoms with Gasteiger partial charge in [-0.3, -0.25) is 0 Å². The van der Waals surface area contributed by atoms with Gasteiger partial charge in [0, 0.05) is 5.56 Å². The maximum Gasteiger partial charge on any atom is 0.123 e. The molecule has 0 aromatic heterocycles. The monoisotopic (exact) mass is 191 g/mol. The van der Waals surface area contributed by atoms with Crippen LogP contribution >= 0.6 is 0 Å². The molecule has 0 saturated carbocycles. The van der Waals surface area contributed by atoms with E-state index in [9.17, 15) is 5.11 Å². The van der Waals surface area contributed by atoms with Gasteiger partial charge in [-0.2, -0.15) is 0 Å². The average Bonchev–Trinajstić information content (AvgIpc) is 2.15. The molecule has 1 aromatic carbocycles. The molecule has 76 valence electrons. The van der Waals surface area contributed by atoms with Gasteiger partial charge in [0.05, 0.1) is 0 Å². The number of phenolic OH excluding ortho intramolecular Hbond substituents is 1. The largest absolute Gasteiger partial charge is 0.507 e. The molecule has 14 heavy (non-hydrogen) atoms. The Balaban J connectivity index is 2.62. The zero-order chi connectivity index (χ0) is 10.4. The van der Waals surface area contributed by atoms with Gasteiger partial charge in [-0.05, 0) is 38.6 Å². The van der Waals surface area contributed by atoms with Gasteiger partial charge in [0.25, 0.3) is 0 Å². The Kier molecular flexibility index (Phi) is 4.20. The summed E-state index contributed by atoms with van der Waals surface area (Å²) < 4.78 is 0. The minimum atomic E-state index is 0.353. The second kappa shape index (κ2) is 5.45. The zero-order valence-corrected chi connectivity index (χ0v) is 8.75. The van der Waals surface area contributed by atoms with Crippen LogP contribution in [0.3, 0.4) is 0 Å². The fourth-order valence-corrected chi connectivity index (χ4v) is 1.23. The normalized spacial score (nSPS) is 11.0. The molecule has 0 saturated heterocycles. The highest BCUT2D eigenvalue weighted by molar-refractivity contribution is 5.57. The molecule has 0 aliphatic heterocycles. The first kappa shape index (κ1) is 10.8. The Morgan fingerprint density at radius 2 is 2.21 bits per heavy atom. The summed E-state index contributed by atoms with van der Waals surface area (Å²) in [6.07, 6.45) is 4.98. The van der Waals surface area contributed by atoms with Crippen molar-refractivity contribution in [3.8, 4) is 5.75 Å². The van der Waals surface area contributed by atoms with Gasteiger partial charge >= 0.3 is 0 Å². The molecule has 0 spiro atoms. The van der Waals surface area contributed by atoms with E-state index in [0.29, 0.717) is 5.75 Å². The van der Waals surface area contributed by atoms with Crippen LogP contribution in [0.4, 0.5) is 0 Å². The van der Waals surface area contributed by atoms with E-state index in [4.69, 9.17) is 0 Å². The van der Waals surface area contributed by atoms with Crippen LogP contribution in [0.25, 0.3) is 6.08 Å². The van der Waals surface area contributed by atoms with E-state index in [-0.39, 0.29) is 0 Å². The van der Waals surface area contributed by atoms with Crippen LogP contribution < -0.4 is 5.32 Å². The molecule has 2 heteroatoms. The van der Waals surface area contributed by atoms with E-state index < -0.39 is 0 Å². The Hall–Kier alpha value is -1.28. The maximum absolute atomic E-state index is 9.58. The Morgan fingerprint density at radius 1 is 1.43 bits per heavy atom. The highest BCUT2D eigenvalue weighted by atomic mass is 16.3. The molecule has 0 radical (unpaired) electrons. The number of benzene rings is 1. The van der Waals surface area contributed by atoms with Gasteiger partial charge in [0.1, 0.15) is 5.75 Å². The first-order valence-corrected chi connectivity index (χ1v) is 4.85. The van der Waals surface area contributed by atoms with Gasteiger partial charge in [-0.15, -0.1) is 0 Å². The molecule has 1 aromatic rings. The first-order valence-electron chi connectivity index (χ1n) is 4.85. The number of phenols is 1. The molecule has 0 unspecified atom stereocenters. The quantitative estimate of drug-likeness (QED) is 0.716. The van der Waals surface area contributed by atoms with E-state index in [1.54, 1.807) is 6.07 Å². The van der Waals surface area contributed by atoms with Crippen molar-refractivity contribution in [3.63, 3.8) is 0 Å². The number of rotatable bonds is 4. The fourth-order valence-electron chi connectivity index (χ4n) is 1.23. The van der Waals surface area contributed by atoms with Crippen molar-refractivity contribution in [3.05, 3.63) is 35.4 Å². The Morgan fingerprint density at radius 3 is 2.86 bits per heavy atom. The molecule has 0 fully saturated rings. The third-order valence-corrected chi connectivity index (χ3v) is 2.04. The molecule has 2 N–H and O–H groups in total. The van der Waals surface area contributed by atoms with Crippen LogP contribution in [-0.2, 0) is 0 Å². The fraction of sp³-hybridized carbons (Fsp3) is 0.333. The van der Waals surface area contributed by atoms with Crippen LogP contribution in [0.5, 0.6) is 5.75 Å². The van der Waals surface area contributed by atoms with Gasteiger partial charge in [0.2, 0.25) is 0 Å². The van der Waals surface area contributed by atoms with Crippen molar-refractivity contribution in [2.45, 2.75) is 13.3 Å². The lowest BCUT2D eigenvalue weighted by Gasteiger charge is -2.00. The smallest absolute Gasteiger partial charge is 0.123 e. The van der Waals surface area contributed by atoms with E-state index in [0.717, 1.165) is 24.1 Å². The predicted molar refractivity (Wildman–Crippen MR) is 60.4 cm³/mol. The molecule has 0 amide bonds. The second-order valence-corrected chi connectivity index (χ2v) is 3.36. The number of hydrogen-bond donors (Lipinski definition) is 2. The van der Waals surface area contributed by atoms with Crippen LogP contribution in [0.2, 0.25) is 0 Å². The number of aromatic hydroxyl groups is 1. The first-order chi connectivity index (χ1) is 6.74. The molecule has 0 aliphatic rings. The topological polar surface area (TPSA) is 32.3 Å². The SMILES string of the molecule is CNCCC=Cc1ccc(C)cc1O. The Bertz CT molecular complexity index is 318. The van der Waals surface area contributed by atoms with Crippen molar-refractivity contribution in [2.75, 3.05) is 13.6 Å². The van der Waals surface area contributed by atoms with Crippen LogP contribution in [0.1, 0.15) is 17.5 Å². The number of nitrogens with one attached hydrogen (secondary N) is 1. The highest BCUT2D eigenvalue weighted by Gasteiger charge is 1.95. The molecule has 0 bridgehead atoms. The lowest BCUT2D eigenvalue weighted by atomic mass is 10.1. The molecule has 2 nitrogen and oxygen atoms in total. The molecule has 0 atom stereocenters. The minimum Gasteiger partial charge on any atom is -0.507 e. The van der Waals surface area contributed by atoms with Crippen molar-refractivity contribution >= 4 is 6.08 Å². The van der Waals surface area contributed by atoms with E-state index >= 15 is 0 Å². The zero-order valence-electron chi connectivity index (χ0n) is 8.75. The van der Waals surface area contributed by atoms with Gasteiger partial charge in [-0.25, -0.2) is 0 Å². The lowest BCUT2D eigenvalue weighted by molar-refractivity contribution is 0.473. The summed E-state index contributed by atoms with van der Waals surface area (Å²) >= 11 is 0. The summed E-state index contributed by atoms with van der Waals surface area (Å²) in [5, 5.41) is 12.6. The summed E-state index contributed by atoms with van der Waals surface area (Å²) in [6.45, 7) is 2.93. The summed E-state index contributed by atoms with van der Waals surface area (Å²) in [4.78, 5) is 0. The van der Waals surface area contributed by atoms with E-state index in [1.807, 2.05) is 32.2 Å². The highest BCUT2D eigenvalue weighted by Crippen LogP contribution is 2.19. The molecule has 1 rings (SSSR count). The third-order valence-electron chi connectivity index (χ3n) is 2.04. The Labute approximate surface area is 85.3 Å². The van der Waals surface area contributed by atoms with E-state index in [1.165, 1.54) is 0 Å². The lowest BCUT2D eigenvalue weighted by Crippen LogP contribution is -2.05. The van der Waals surface area contributed by atoms with Gasteiger partial charge < -0.3 is 10.4 Å². The molecular weight excluding hydrogens is 174 g/mol. The van der Waals surface area contributed by atoms with Crippen molar-refractivity contribution in [1.29, 1.82) is 0 Å². The molecular formula is C12H17NO. The van der Waals surface area contributed by atoms with Gasteiger partial charge in [-0.1, -0.05) is 24.3 Å². The third kappa shape index (κ3) is 3.23. The number of hydrogen-bond acceptors (Lipinski definition) is 2. The predicted octanol–water partition coefficient (Wildman–Crippen LogP) is 2.32. The maximum atomic E-state index is 9.58.